The summed E-state index contributed by atoms with van der Waals surface area (Å²) in [4.78, 5) is 21.2. The van der Waals surface area contributed by atoms with E-state index in [9.17, 15) is 18.0 Å². The quantitative estimate of drug-likeness (QED) is 0.345. The van der Waals surface area contributed by atoms with Crippen molar-refractivity contribution in [1.82, 2.24) is 9.97 Å². The van der Waals surface area contributed by atoms with E-state index in [0.717, 1.165) is 24.0 Å². The van der Waals surface area contributed by atoms with E-state index in [1.54, 1.807) is 36.4 Å². The van der Waals surface area contributed by atoms with Crippen molar-refractivity contribution < 1.29 is 18.0 Å². The van der Waals surface area contributed by atoms with Gasteiger partial charge in [-0.15, -0.1) is 0 Å². The normalized spacial score (nSPS) is 11.3. The maximum Gasteiger partial charge on any atom is 0.417 e. The third-order valence-corrected chi connectivity index (χ3v) is 5.29. The van der Waals surface area contributed by atoms with E-state index in [0.29, 0.717) is 22.7 Å². The number of nitrogens with zero attached hydrogens (tertiary/aromatic N) is 3. The maximum absolute atomic E-state index is 12.7. The summed E-state index contributed by atoms with van der Waals surface area (Å²) in [6, 6.07) is 10.9. The van der Waals surface area contributed by atoms with Crippen LogP contribution in [0.2, 0.25) is 10.2 Å². The van der Waals surface area contributed by atoms with Crippen LogP contribution in [0.5, 0.6) is 0 Å². The molecule has 28 heavy (non-hydrogen) atoms. The van der Waals surface area contributed by atoms with Crippen LogP contribution in [0.4, 0.5) is 24.5 Å². The van der Waals surface area contributed by atoms with Crippen LogP contribution in [0, 0.1) is 0 Å². The molecule has 0 bridgehead atoms. The SMILES string of the molecule is O=CN(c1ccc(Sc2ncc(C(F)(F)F)cc2Cl)cc1)c1cccnc1Cl. The molecule has 4 nitrogen and oxygen atoms in total. The summed E-state index contributed by atoms with van der Waals surface area (Å²) >= 11 is 13.1. The Labute approximate surface area is 172 Å². The fraction of sp³-hybridized carbons (Fsp3) is 0.0556. The van der Waals surface area contributed by atoms with Gasteiger partial charge in [0.15, 0.2) is 5.15 Å². The van der Waals surface area contributed by atoms with Gasteiger partial charge >= 0.3 is 6.18 Å². The highest BCUT2D eigenvalue weighted by molar-refractivity contribution is 7.99. The van der Waals surface area contributed by atoms with Gasteiger partial charge in [0.1, 0.15) is 5.03 Å². The van der Waals surface area contributed by atoms with Crippen LogP contribution in [0.3, 0.4) is 0 Å². The number of carbonyl (C=O) groups excluding carboxylic acids is 1. The zero-order valence-corrected chi connectivity index (χ0v) is 16.1. The molecule has 0 N–H and O–H groups in total. The number of amides is 1. The predicted octanol–water partition coefficient (Wildman–Crippen LogP) is 6.25. The van der Waals surface area contributed by atoms with Gasteiger partial charge in [-0.3, -0.25) is 9.69 Å². The van der Waals surface area contributed by atoms with Gasteiger partial charge in [0, 0.05) is 23.0 Å². The molecule has 0 radical (unpaired) electrons. The summed E-state index contributed by atoms with van der Waals surface area (Å²) in [5.74, 6) is 0. The summed E-state index contributed by atoms with van der Waals surface area (Å²) in [5, 5.41) is 0.319. The Bertz CT molecular complexity index is 1000. The van der Waals surface area contributed by atoms with E-state index in [-0.39, 0.29) is 15.2 Å². The molecule has 0 aliphatic rings. The second-order valence-electron chi connectivity index (χ2n) is 5.39. The number of anilines is 2. The lowest BCUT2D eigenvalue weighted by Gasteiger charge is -2.18. The van der Waals surface area contributed by atoms with Crippen LogP contribution >= 0.6 is 35.0 Å². The zero-order chi connectivity index (χ0) is 20.3. The average molecular weight is 444 g/mol. The summed E-state index contributed by atoms with van der Waals surface area (Å²) in [7, 11) is 0. The van der Waals surface area contributed by atoms with Gasteiger partial charge in [-0.1, -0.05) is 35.0 Å². The van der Waals surface area contributed by atoms with Crippen molar-refractivity contribution >= 4 is 52.7 Å². The summed E-state index contributed by atoms with van der Waals surface area (Å²) in [6.07, 6.45) is -1.65. The van der Waals surface area contributed by atoms with Crippen LogP contribution < -0.4 is 4.90 Å². The minimum Gasteiger partial charge on any atom is -0.281 e. The second kappa shape index (κ2) is 8.38. The van der Waals surface area contributed by atoms with Gasteiger partial charge in [-0.05, 0) is 42.5 Å². The zero-order valence-electron chi connectivity index (χ0n) is 13.8. The molecule has 0 saturated heterocycles. The summed E-state index contributed by atoms with van der Waals surface area (Å²) < 4.78 is 38.1. The van der Waals surface area contributed by atoms with Gasteiger partial charge in [-0.25, -0.2) is 9.97 Å². The van der Waals surface area contributed by atoms with Crippen LogP contribution in [-0.2, 0) is 11.0 Å². The van der Waals surface area contributed by atoms with Gasteiger partial charge in [0.25, 0.3) is 0 Å². The topological polar surface area (TPSA) is 46.1 Å². The Hall–Kier alpha value is -2.29. The molecule has 10 heteroatoms. The number of alkyl halides is 3. The van der Waals surface area contributed by atoms with Gasteiger partial charge in [0.2, 0.25) is 6.41 Å². The molecule has 0 atom stereocenters. The van der Waals surface area contributed by atoms with Crippen molar-refractivity contribution in [2.24, 2.45) is 0 Å². The lowest BCUT2D eigenvalue weighted by Crippen LogP contribution is -2.14. The number of rotatable bonds is 5. The third kappa shape index (κ3) is 4.57. The smallest absolute Gasteiger partial charge is 0.281 e. The molecular formula is C18H10Cl2F3N3OS. The molecule has 1 aromatic carbocycles. The first-order valence-corrected chi connectivity index (χ1v) is 9.22. The largest absolute Gasteiger partial charge is 0.417 e. The van der Waals surface area contributed by atoms with Gasteiger partial charge < -0.3 is 0 Å². The first-order valence-electron chi connectivity index (χ1n) is 7.65. The van der Waals surface area contributed by atoms with Crippen molar-refractivity contribution in [3.8, 4) is 0 Å². The first-order chi connectivity index (χ1) is 13.3. The van der Waals surface area contributed by atoms with E-state index >= 15 is 0 Å². The Kier molecular flexibility index (Phi) is 6.12. The number of hydrogen-bond donors (Lipinski definition) is 0. The monoisotopic (exact) mass is 443 g/mol. The molecule has 0 saturated carbocycles. The molecule has 2 aromatic heterocycles. The van der Waals surface area contributed by atoms with E-state index in [4.69, 9.17) is 23.2 Å². The van der Waals surface area contributed by atoms with Crippen molar-refractivity contribution in [2.45, 2.75) is 16.1 Å². The molecule has 1 amide bonds. The van der Waals surface area contributed by atoms with E-state index in [1.165, 1.54) is 11.1 Å². The molecule has 144 valence electrons. The van der Waals surface area contributed by atoms with Crippen molar-refractivity contribution in [3.05, 3.63) is 70.6 Å². The van der Waals surface area contributed by atoms with Crippen LogP contribution in [0.25, 0.3) is 0 Å². The molecule has 2 heterocycles. The molecule has 0 fully saturated rings. The molecule has 0 aliphatic carbocycles. The van der Waals surface area contributed by atoms with Gasteiger partial charge in [0.05, 0.1) is 16.3 Å². The Morgan fingerprint density at radius 2 is 1.79 bits per heavy atom. The average Bonchev–Trinajstić information content (AvgIpc) is 2.66. The lowest BCUT2D eigenvalue weighted by molar-refractivity contribution is -0.137. The van der Waals surface area contributed by atoms with Crippen LogP contribution in [0.1, 0.15) is 5.56 Å². The highest BCUT2D eigenvalue weighted by atomic mass is 35.5. The molecule has 0 unspecified atom stereocenters. The van der Waals surface area contributed by atoms with Crippen molar-refractivity contribution in [3.63, 3.8) is 0 Å². The van der Waals surface area contributed by atoms with E-state index in [1.807, 2.05) is 0 Å². The number of hydrogen-bond acceptors (Lipinski definition) is 4. The number of aromatic nitrogens is 2. The van der Waals surface area contributed by atoms with Gasteiger partial charge in [-0.2, -0.15) is 13.2 Å². The standard InChI is InChI=1S/C18H10Cl2F3N3OS/c19-14-8-11(18(21,22)23)9-25-17(14)28-13-5-3-12(4-6-13)26(10-27)15-2-1-7-24-16(15)20/h1-10H. The fourth-order valence-electron chi connectivity index (χ4n) is 2.26. The number of halogens is 5. The molecule has 3 rings (SSSR count). The minimum atomic E-state index is -4.51. The number of carbonyl (C=O) groups is 1. The summed E-state index contributed by atoms with van der Waals surface area (Å²) in [6.45, 7) is 0. The fourth-order valence-corrected chi connectivity index (χ4v) is 3.51. The molecular weight excluding hydrogens is 434 g/mol. The molecule has 0 aliphatic heterocycles. The number of pyridine rings is 2. The van der Waals surface area contributed by atoms with E-state index < -0.39 is 11.7 Å². The Balaban J connectivity index is 1.81. The first kappa shape index (κ1) is 20.4. The highest BCUT2D eigenvalue weighted by Crippen LogP contribution is 2.37. The van der Waals surface area contributed by atoms with E-state index in [2.05, 4.69) is 9.97 Å². The highest BCUT2D eigenvalue weighted by Gasteiger charge is 2.31. The van der Waals surface area contributed by atoms with Crippen molar-refractivity contribution in [2.75, 3.05) is 4.90 Å². The predicted molar refractivity (Wildman–Crippen MR) is 102 cm³/mol. The van der Waals surface area contributed by atoms with Crippen molar-refractivity contribution in [1.29, 1.82) is 0 Å². The maximum atomic E-state index is 12.7. The lowest BCUT2D eigenvalue weighted by atomic mass is 10.2. The second-order valence-corrected chi connectivity index (χ2v) is 7.22. The number of benzene rings is 1. The Morgan fingerprint density at radius 3 is 2.36 bits per heavy atom. The third-order valence-electron chi connectivity index (χ3n) is 3.57. The Morgan fingerprint density at radius 1 is 1.07 bits per heavy atom. The molecule has 3 aromatic rings. The van der Waals surface area contributed by atoms with Crippen LogP contribution in [0.15, 0.2) is 64.8 Å². The summed E-state index contributed by atoms with van der Waals surface area (Å²) in [5.41, 5.74) is 0.0555. The van der Waals surface area contributed by atoms with Crippen LogP contribution in [-0.4, -0.2) is 16.4 Å². The minimum absolute atomic E-state index is 0.0967. The molecule has 0 spiro atoms.